The van der Waals surface area contributed by atoms with E-state index in [1.54, 1.807) is 0 Å². The number of nitrogens with zero attached hydrogens (tertiary/aromatic N) is 5. The normalized spacial score (nSPS) is 11.3. The number of ether oxygens (including phenoxy) is 1. The molecule has 0 aliphatic carbocycles. The molecule has 0 amide bonds. The Balaban J connectivity index is 0.893. The summed E-state index contributed by atoms with van der Waals surface area (Å²) in [5, 5.41) is 5.30. The van der Waals surface area contributed by atoms with Crippen molar-refractivity contribution in [2.24, 2.45) is 0 Å². The van der Waals surface area contributed by atoms with Crippen molar-refractivity contribution < 1.29 is 4.74 Å². The molecule has 18 rings (SSSR count). The molecule has 6 nitrogen and oxygen atoms in total. The van der Waals surface area contributed by atoms with E-state index >= 15 is 0 Å². The molecule has 0 aliphatic heterocycles. The maximum absolute atomic E-state index is 7.76. The Morgan fingerprint density at radius 1 is 0.192 bits per heavy atom. The predicted octanol–water partition coefficient (Wildman–Crippen LogP) is 26.9. The third-order valence-electron chi connectivity index (χ3n) is 19.1. The molecule has 2 heterocycles. The summed E-state index contributed by atoms with van der Waals surface area (Å²) in [4.78, 5) is 12.2. The summed E-state index contributed by atoms with van der Waals surface area (Å²) in [6.07, 6.45) is 0. The molecule has 16 aromatic carbocycles. The first-order chi connectivity index (χ1) is 51.6. The van der Waals surface area contributed by atoms with Gasteiger partial charge < -0.3 is 9.80 Å². The molecular formula is C96H67N5OTe2. The molecule has 2 aromatic heterocycles. The molecule has 0 saturated carbocycles. The van der Waals surface area contributed by atoms with Gasteiger partial charge >= 0.3 is 346 Å². The quantitative estimate of drug-likeness (QED) is 0.0749. The van der Waals surface area contributed by atoms with Gasteiger partial charge in [-0.3, -0.25) is 0 Å². The molecule has 494 valence electrons. The van der Waals surface area contributed by atoms with Gasteiger partial charge in [0.15, 0.2) is 0 Å². The van der Waals surface area contributed by atoms with Gasteiger partial charge in [0.25, 0.3) is 0 Å². The van der Waals surface area contributed by atoms with Crippen LogP contribution in [0.25, 0.3) is 57.4 Å². The first-order valence-electron chi connectivity index (χ1n) is 35.0. The number of fused-ring (bicyclic) bond motifs is 6. The third-order valence-corrected chi connectivity index (χ3v) is 26.0. The van der Waals surface area contributed by atoms with Gasteiger partial charge in [0.05, 0.1) is 11.4 Å². The van der Waals surface area contributed by atoms with Crippen molar-refractivity contribution in [1.29, 1.82) is 0 Å². The van der Waals surface area contributed by atoms with Gasteiger partial charge in [-0.1, -0.05) is 152 Å². The van der Waals surface area contributed by atoms with Crippen LogP contribution in [-0.4, -0.2) is 40.9 Å². The van der Waals surface area contributed by atoms with Gasteiger partial charge in [-0.2, -0.15) is 0 Å². The molecule has 0 saturated heterocycles. The summed E-state index contributed by atoms with van der Waals surface area (Å²) >= 11 is -1.57. The number of rotatable bonds is 19. The van der Waals surface area contributed by atoms with Crippen molar-refractivity contribution in [2.75, 3.05) is 24.5 Å². The van der Waals surface area contributed by atoms with E-state index in [1.165, 1.54) is 46.5 Å². The van der Waals surface area contributed by atoms with E-state index in [0.29, 0.717) is 11.5 Å². The summed E-state index contributed by atoms with van der Waals surface area (Å²) in [6.45, 7) is 0. The number of hydrogen-bond donors (Lipinski definition) is 0. The second-order valence-corrected chi connectivity index (χ2v) is 31.6. The van der Waals surface area contributed by atoms with E-state index in [0.717, 1.165) is 96.2 Å². The van der Waals surface area contributed by atoms with E-state index in [4.69, 9.17) is 4.74 Å². The molecule has 8 heteroatoms. The number of hydrogen-bond acceptors (Lipinski definition) is 6. The molecule has 104 heavy (non-hydrogen) atoms. The fraction of sp³-hybridized carbons (Fsp3) is 0. The topological polar surface area (TPSA) is 25.4 Å². The van der Waals surface area contributed by atoms with Crippen molar-refractivity contribution in [2.45, 2.75) is 0 Å². The monoisotopic (exact) mass is 1570 g/mol. The van der Waals surface area contributed by atoms with E-state index in [1.807, 2.05) is 0 Å². The number of para-hydroxylation sites is 7. The van der Waals surface area contributed by atoms with Gasteiger partial charge in [0.1, 0.15) is 0 Å². The third kappa shape index (κ3) is 12.6. The van der Waals surface area contributed by atoms with E-state index in [-0.39, 0.29) is 0 Å². The minimum absolute atomic E-state index is 0.666. The van der Waals surface area contributed by atoms with Gasteiger partial charge in [0.2, 0.25) is 0 Å². The Bertz CT molecular complexity index is 5630. The molecule has 0 bridgehead atoms. The zero-order valence-corrected chi connectivity index (χ0v) is 61.3. The van der Waals surface area contributed by atoms with E-state index in [2.05, 4.69) is 431 Å². The van der Waals surface area contributed by atoms with Crippen LogP contribution in [0.4, 0.5) is 85.3 Å². The molecule has 18 aromatic rings. The molecule has 0 spiro atoms. The van der Waals surface area contributed by atoms with Crippen LogP contribution in [0.1, 0.15) is 0 Å². The van der Waals surface area contributed by atoms with Gasteiger partial charge in [0, 0.05) is 33.9 Å². The molecule has 0 N–H and O–H groups in total. The van der Waals surface area contributed by atoms with Gasteiger partial charge in [-0.25, -0.2) is 0 Å². The van der Waals surface area contributed by atoms with Gasteiger partial charge in [-0.05, 0) is 77.9 Å². The van der Waals surface area contributed by atoms with Crippen molar-refractivity contribution >= 4 is 161 Å². The Morgan fingerprint density at radius 2 is 0.481 bits per heavy atom. The Kier molecular flexibility index (Phi) is 17.7. The van der Waals surface area contributed by atoms with Crippen LogP contribution in [0, 0.1) is 0 Å². The maximum atomic E-state index is 7.76. The van der Waals surface area contributed by atoms with E-state index in [9.17, 15) is 0 Å². The molecule has 0 unspecified atom stereocenters. The first kappa shape index (κ1) is 64.0. The Morgan fingerprint density at radius 3 is 0.875 bits per heavy atom. The number of benzene rings is 16. The number of anilines is 15. The van der Waals surface area contributed by atoms with E-state index < -0.39 is 40.9 Å². The summed E-state index contributed by atoms with van der Waals surface area (Å²) in [6, 6.07) is 148. The first-order valence-corrected chi connectivity index (χ1v) is 39.7. The summed E-state index contributed by atoms with van der Waals surface area (Å²) < 4.78 is 13.5. The molecule has 0 fully saturated rings. The minimum atomic E-state index is -0.786. The fourth-order valence-corrected chi connectivity index (χ4v) is 21.5. The standard InChI is InChI=1S/C96H67N5OTe2/c1-9-33-68(34-10-1)84-53-30-54-85(69-35-11-2-12-36-69)94(84)101(79-62-77(97(70-37-13-3-14-38-70)71-39-15-4-16-40-71)61-78(63-79)98(72-41-17-5-18-42-72)73-43-19-6-20-44-73)76-49-29-50-82(65-76)102-83-66-80(99(74-45-21-7-22-46-74)90-57-31-55-88-86-51-25-27-59-92(86)103-95(88)90)64-81(67-83)100(75-47-23-8-24-48-75)91-58-32-56-89-87-52-26-28-60-93(87)104-96(89)91/h1-67H. The van der Waals surface area contributed by atoms with Crippen LogP contribution in [-0.2, 0) is 0 Å². The fourth-order valence-electron chi connectivity index (χ4n) is 14.6. The smallest absolute Gasteiger partial charge is 0.310 e. The van der Waals surface area contributed by atoms with Crippen LogP contribution in [0.15, 0.2) is 406 Å². The average Bonchev–Trinajstić information content (AvgIpc) is 1.49. The Labute approximate surface area is 625 Å². The van der Waals surface area contributed by atoms with Crippen LogP contribution < -0.4 is 29.2 Å². The van der Waals surface area contributed by atoms with Crippen molar-refractivity contribution in [3.8, 4) is 33.8 Å². The average molecular weight is 1560 g/mol. The van der Waals surface area contributed by atoms with Crippen molar-refractivity contribution in [1.82, 2.24) is 0 Å². The minimum Gasteiger partial charge on any atom is -0.310 e. The van der Waals surface area contributed by atoms with Crippen molar-refractivity contribution in [3.63, 3.8) is 0 Å². The SMILES string of the molecule is c1ccc(-c2cccc(-c3ccccc3)c2N(c2cccc(Oc3cc(N(c4ccccc4)c4cccc5c4[te]c4ccccc45)cc(N(c4ccccc4)c4cccc5c4[te]c4ccccc45)c3)c2)c2cc(N(c3ccccc3)c3ccccc3)cc(N(c3ccccc3)c3ccccc3)c2)cc1. The van der Waals surface area contributed by atoms with Gasteiger partial charge in [-0.15, -0.1) is 0 Å². The van der Waals surface area contributed by atoms with Crippen LogP contribution in [0.5, 0.6) is 11.5 Å². The summed E-state index contributed by atoms with van der Waals surface area (Å²) in [7, 11) is 0. The van der Waals surface area contributed by atoms with Crippen LogP contribution in [0.3, 0.4) is 0 Å². The molecule has 0 atom stereocenters. The molecule has 0 radical (unpaired) electrons. The van der Waals surface area contributed by atoms with Crippen LogP contribution >= 0.6 is 0 Å². The zero-order valence-electron chi connectivity index (χ0n) is 56.6. The second-order valence-electron chi connectivity index (χ2n) is 25.6. The summed E-state index contributed by atoms with van der Waals surface area (Å²) in [5.41, 5.74) is 19.5. The van der Waals surface area contributed by atoms with Crippen LogP contribution in [0.2, 0.25) is 0 Å². The molecular weight excluding hydrogens is 1490 g/mol. The zero-order chi connectivity index (χ0) is 69.1. The second kappa shape index (κ2) is 28.7. The Hall–Kier alpha value is -12.1. The van der Waals surface area contributed by atoms with Crippen molar-refractivity contribution in [3.05, 3.63) is 406 Å². The molecule has 0 aliphatic rings. The predicted molar refractivity (Wildman–Crippen MR) is 441 cm³/mol. The summed E-state index contributed by atoms with van der Waals surface area (Å²) in [5.74, 6) is 1.35.